The van der Waals surface area contributed by atoms with Gasteiger partial charge in [0.25, 0.3) is 10.0 Å². The maximum atomic E-state index is 12.5. The smallest absolute Gasteiger partial charge is 0.261 e. The Bertz CT molecular complexity index is 1000. The van der Waals surface area contributed by atoms with Crippen molar-refractivity contribution in [3.63, 3.8) is 0 Å². The van der Waals surface area contributed by atoms with Gasteiger partial charge in [-0.15, -0.1) is 0 Å². The number of anilines is 1. The van der Waals surface area contributed by atoms with Gasteiger partial charge in [-0.3, -0.25) is 4.72 Å². The summed E-state index contributed by atoms with van der Waals surface area (Å²) in [6, 6.07) is 22.3. The monoisotopic (exact) mass is 381 g/mol. The minimum Gasteiger partial charge on any atom is -0.494 e. The van der Waals surface area contributed by atoms with Crippen LogP contribution in [0.4, 0.5) is 17.1 Å². The molecule has 0 saturated heterocycles. The Morgan fingerprint density at radius 3 is 2.00 bits per heavy atom. The van der Waals surface area contributed by atoms with Crippen molar-refractivity contribution in [2.45, 2.75) is 11.8 Å². The molecule has 0 spiro atoms. The van der Waals surface area contributed by atoms with Crippen LogP contribution in [0.5, 0.6) is 5.75 Å². The molecule has 3 aromatic carbocycles. The average Bonchev–Trinajstić information content (AvgIpc) is 2.69. The van der Waals surface area contributed by atoms with E-state index >= 15 is 0 Å². The molecule has 7 heteroatoms. The zero-order chi connectivity index (χ0) is 19.1. The molecule has 0 amide bonds. The van der Waals surface area contributed by atoms with Crippen LogP contribution in [0.2, 0.25) is 0 Å². The molecule has 0 fully saturated rings. The van der Waals surface area contributed by atoms with Gasteiger partial charge < -0.3 is 4.74 Å². The molecular formula is C20H19N3O3S. The van der Waals surface area contributed by atoms with E-state index in [9.17, 15) is 8.42 Å². The van der Waals surface area contributed by atoms with Gasteiger partial charge in [-0.05, 0) is 67.6 Å². The van der Waals surface area contributed by atoms with Crippen molar-refractivity contribution in [1.82, 2.24) is 0 Å². The van der Waals surface area contributed by atoms with Gasteiger partial charge in [0, 0.05) is 5.69 Å². The summed E-state index contributed by atoms with van der Waals surface area (Å²) in [5.41, 5.74) is 1.82. The highest BCUT2D eigenvalue weighted by atomic mass is 32.2. The molecule has 0 bridgehead atoms. The van der Waals surface area contributed by atoms with E-state index in [1.807, 2.05) is 37.3 Å². The molecule has 0 aliphatic heterocycles. The molecule has 27 heavy (non-hydrogen) atoms. The van der Waals surface area contributed by atoms with Gasteiger partial charge in [-0.1, -0.05) is 18.2 Å². The van der Waals surface area contributed by atoms with Crippen LogP contribution in [0.25, 0.3) is 0 Å². The number of rotatable bonds is 7. The van der Waals surface area contributed by atoms with Crippen molar-refractivity contribution in [3.8, 4) is 5.75 Å². The maximum Gasteiger partial charge on any atom is 0.261 e. The predicted octanol–water partition coefficient (Wildman–Crippen LogP) is 5.30. The van der Waals surface area contributed by atoms with Crippen molar-refractivity contribution in [1.29, 1.82) is 0 Å². The van der Waals surface area contributed by atoms with Crippen LogP contribution in [0.15, 0.2) is 94.0 Å². The summed E-state index contributed by atoms with van der Waals surface area (Å²) in [5, 5.41) is 8.26. The number of ether oxygens (including phenoxy) is 1. The molecule has 0 unspecified atom stereocenters. The molecular weight excluding hydrogens is 362 g/mol. The zero-order valence-corrected chi connectivity index (χ0v) is 15.6. The molecule has 0 atom stereocenters. The topological polar surface area (TPSA) is 80.1 Å². The Morgan fingerprint density at radius 2 is 1.41 bits per heavy atom. The second-order valence-electron chi connectivity index (χ2n) is 5.59. The first-order chi connectivity index (χ1) is 13.1. The molecule has 3 rings (SSSR count). The highest BCUT2D eigenvalue weighted by Gasteiger charge is 2.14. The fourth-order valence-corrected chi connectivity index (χ4v) is 3.36. The SMILES string of the molecule is CCOc1ccc(S(=O)(=O)Nc2ccc(N=Nc3ccccc3)cc2)cc1. The van der Waals surface area contributed by atoms with E-state index in [0.717, 1.165) is 5.69 Å². The molecule has 0 aliphatic carbocycles. The van der Waals surface area contributed by atoms with Gasteiger partial charge in [0.1, 0.15) is 5.75 Å². The van der Waals surface area contributed by atoms with Crippen LogP contribution >= 0.6 is 0 Å². The van der Waals surface area contributed by atoms with Gasteiger partial charge in [0.2, 0.25) is 0 Å². The lowest BCUT2D eigenvalue weighted by Crippen LogP contribution is -2.12. The van der Waals surface area contributed by atoms with Crippen LogP contribution in [0.3, 0.4) is 0 Å². The minimum absolute atomic E-state index is 0.166. The Labute approximate surface area is 158 Å². The number of azo groups is 1. The molecule has 0 aromatic heterocycles. The average molecular weight is 381 g/mol. The normalized spacial score (nSPS) is 11.4. The van der Waals surface area contributed by atoms with Crippen molar-refractivity contribution < 1.29 is 13.2 Å². The van der Waals surface area contributed by atoms with E-state index < -0.39 is 10.0 Å². The highest BCUT2D eigenvalue weighted by Crippen LogP contribution is 2.23. The first-order valence-electron chi connectivity index (χ1n) is 8.39. The second kappa shape index (κ2) is 8.46. The molecule has 0 radical (unpaired) electrons. The minimum atomic E-state index is -3.67. The van der Waals surface area contributed by atoms with Crippen LogP contribution in [0.1, 0.15) is 6.92 Å². The lowest BCUT2D eigenvalue weighted by molar-refractivity contribution is 0.340. The highest BCUT2D eigenvalue weighted by molar-refractivity contribution is 7.92. The number of hydrogen-bond donors (Lipinski definition) is 1. The fraction of sp³-hybridized carbons (Fsp3) is 0.100. The van der Waals surface area contributed by atoms with Gasteiger partial charge in [-0.2, -0.15) is 10.2 Å². The first kappa shape index (κ1) is 18.6. The van der Waals surface area contributed by atoms with Crippen molar-refractivity contribution in [3.05, 3.63) is 78.9 Å². The summed E-state index contributed by atoms with van der Waals surface area (Å²) in [5.74, 6) is 0.629. The lowest BCUT2D eigenvalue weighted by Gasteiger charge is -2.09. The standard InChI is InChI=1S/C20H19N3O3S/c1-2-26-19-12-14-20(15-13-19)27(24,25)23-18-10-8-17(9-11-18)22-21-16-6-4-3-5-7-16/h3-15,23H,2H2,1H3. The lowest BCUT2D eigenvalue weighted by atomic mass is 10.3. The number of benzene rings is 3. The molecule has 138 valence electrons. The van der Waals surface area contributed by atoms with Crippen molar-refractivity contribution in [2.24, 2.45) is 10.2 Å². The van der Waals surface area contributed by atoms with E-state index in [0.29, 0.717) is 23.7 Å². The van der Waals surface area contributed by atoms with Crippen LogP contribution < -0.4 is 9.46 Å². The maximum absolute atomic E-state index is 12.5. The summed E-state index contributed by atoms with van der Waals surface area (Å²) < 4.78 is 32.8. The first-order valence-corrected chi connectivity index (χ1v) is 9.88. The Hall–Kier alpha value is -3.19. The number of nitrogens with one attached hydrogen (secondary N) is 1. The molecule has 0 heterocycles. The van der Waals surface area contributed by atoms with E-state index in [2.05, 4.69) is 15.0 Å². The number of nitrogens with zero attached hydrogens (tertiary/aromatic N) is 2. The molecule has 0 aliphatic rings. The van der Waals surface area contributed by atoms with Gasteiger partial charge >= 0.3 is 0 Å². The Balaban J connectivity index is 1.69. The number of hydrogen-bond acceptors (Lipinski definition) is 5. The molecule has 0 saturated carbocycles. The summed E-state index contributed by atoms with van der Waals surface area (Å²) in [6.45, 7) is 2.40. The molecule has 1 N–H and O–H groups in total. The van der Waals surface area contributed by atoms with E-state index in [1.54, 1.807) is 36.4 Å². The van der Waals surface area contributed by atoms with Crippen molar-refractivity contribution in [2.75, 3.05) is 11.3 Å². The Kier molecular flexibility index (Phi) is 5.83. The predicted molar refractivity (Wildman–Crippen MR) is 105 cm³/mol. The van der Waals surface area contributed by atoms with E-state index in [-0.39, 0.29) is 4.90 Å². The quantitative estimate of drug-likeness (QED) is 0.564. The van der Waals surface area contributed by atoms with E-state index in [4.69, 9.17) is 4.74 Å². The summed E-state index contributed by atoms with van der Waals surface area (Å²) in [7, 11) is -3.67. The summed E-state index contributed by atoms with van der Waals surface area (Å²) in [6.07, 6.45) is 0. The third kappa shape index (κ3) is 5.15. The van der Waals surface area contributed by atoms with Gasteiger partial charge in [0.05, 0.1) is 22.9 Å². The zero-order valence-electron chi connectivity index (χ0n) is 14.7. The summed E-state index contributed by atoms with van der Waals surface area (Å²) >= 11 is 0. The van der Waals surface area contributed by atoms with Crippen LogP contribution in [-0.2, 0) is 10.0 Å². The molecule has 3 aromatic rings. The Morgan fingerprint density at radius 1 is 0.815 bits per heavy atom. The third-order valence-corrected chi connectivity index (χ3v) is 5.00. The van der Waals surface area contributed by atoms with Crippen LogP contribution in [-0.4, -0.2) is 15.0 Å². The van der Waals surface area contributed by atoms with Gasteiger partial charge in [0.15, 0.2) is 0 Å². The largest absolute Gasteiger partial charge is 0.494 e. The van der Waals surface area contributed by atoms with Crippen molar-refractivity contribution >= 4 is 27.1 Å². The van der Waals surface area contributed by atoms with Gasteiger partial charge in [-0.25, -0.2) is 8.42 Å². The fourth-order valence-electron chi connectivity index (χ4n) is 2.30. The second-order valence-corrected chi connectivity index (χ2v) is 7.27. The molecule has 6 nitrogen and oxygen atoms in total. The van der Waals surface area contributed by atoms with Crippen LogP contribution in [0, 0.1) is 0 Å². The number of sulfonamides is 1. The summed E-state index contributed by atoms with van der Waals surface area (Å²) in [4.78, 5) is 0.166. The third-order valence-electron chi connectivity index (χ3n) is 3.60. The van der Waals surface area contributed by atoms with E-state index in [1.165, 1.54) is 12.1 Å².